The predicted octanol–water partition coefficient (Wildman–Crippen LogP) is -0.178. The van der Waals surface area contributed by atoms with Crippen molar-refractivity contribution in [2.45, 2.75) is 25.2 Å². The molecule has 0 saturated carbocycles. The van der Waals surface area contributed by atoms with Gasteiger partial charge in [0.25, 0.3) is 0 Å². The largest absolute Gasteiger partial charge is 0.453 e. The molecule has 1 aromatic heterocycles. The summed E-state index contributed by atoms with van der Waals surface area (Å²) >= 11 is 0. The van der Waals surface area contributed by atoms with Crippen LogP contribution in [0.3, 0.4) is 0 Å². The zero-order chi connectivity index (χ0) is 16.3. The van der Waals surface area contributed by atoms with E-state index in [4.69, 9.17) is 9.47 Å². The second kappa shape index (κ2) is 6.50. The Morgan fingerprint density at radius 2 is 2.04 bits per heavy atom. The van der Waals surface area contributed by atoms with Gasteiger partial charge in [-0.05, 0) is 0 Å². The van der Waals surface area contributed by atoms with Gasteiger partial charge in [0.1, 0.15) is 6.54 Å². The van der Waals surface area contributed by atoms with Crippen molar-refractivity contribution in [1.29, 1.82) is 0 Å². The third kappa shape index (κ3) is 3.59. The Morgan fingerprint density at radius 3 is 2.70 bits per heavy atom. The molecule has 2 aliphatic heterocycles. The molecule has 0 radical (unpaired) electrons. The van der Waals surface area contributed by atoms with E-state index in [2.05, 4.69) is 20.4 Å². The van der Waals surface area contributed by atoms with E-state index in [0.717, 1.165) is 0 Å². The molecule has 3 heterocycles. The number of carbonyl (C=O) groups excluding carboxylic acids is 2. The Kier molecular flexibility index (Phi) is 4.44. The fourth-order valence-electron chi connectivity index (χ4n) is 2.71. The average molecular weight is 325 g/mol. The lowest BCUT2D eigenvalue weighted by Crippen LogP contribution is -2.48. The van der Waals surface area contributed by atoms with E-state index in [1.165, 1.54) is 18.0 Å². The monoisotopic (exact) mass is 325 g/mol. The van der Waals surface area contributed by atoms with Gasteiger partial charge < -0.3 is 19.1 Å². The molecule has 0 aliphatic carbocycles. The van der Waals surface area contributed by atoms with Crippen molar-refractivity contribution in [3.05, 3.63) is 6.20 Å². The summed E-state index contributed by atoms with van der Waals surface area (Å²) in [5, 5.41) is 9.94. The molecule has 3 rings (SSSR count). The first-order valence-corrected chi connectivity index (χ1v) is 7.41. The maximum Gasteiger partial charge on any atom is 0.412 e. The van der Waals surface area contributed by atoms with Gasteiger partial charge in [-0.1, -0.05) is 5.21 Å². The Hall–Kier alpha value is -2.20. The van der Waals surface area contributed by atoms with Gasteiger partial charge in [0.15, 0.2) is 11.6 Å². The van der Waals surface area contributed by atoms with Crippen LogP contribution in [0.4, 0.5) is 10.6 Å². The van der Waals surface area contributed by atoms with Crippen molar-refractivity contribution < 1.29 is 23.8 Å². The minimum atomic E-state index is -0.638. The maximum absolute atomic E-state index is 12.3. The normalized spacial score (nSPS) is 19.8. The molecule has 2 saturated heterocycles. The average Bonchev–Trinajstić information content (AvgIpc) is 3.18. The second-order valence-electron chi connectivity index (χ2n) is 5.41. The molecule has 126 valence electrons. The van der Waals surface area contributed by atoms with Crippen LogP contribution in [-0.2, 0) is 25.5 Å². The van der Waals surface area contributed by atoms with Crippen molar-refractivity contribution in [2.24, 2.45) is 0 Å². The minimum Gasteiger partial charge on any atom is -0.453 e. The quantitative estimate of drug-likeness (QED) is 0.821. The number of nitrogens with zero attached hydrogens (tertiary/aromatic N) is 4. The summed E-state index contributed by atoms with van der Waals surface area (Å²) in [6.07, 6.45) is 2.18. The van der Waals surface area contributed by atoms with Gasteiger partial charge in [0.05, 0.1) is 26.5 Å². The molecule has 1 N–H and O–H groups in total. The molecule has 2 fully saturated rings. The van der Waals surface area contributed by atoms with Crippen molar-refractivity contribution in [3.63, 3.8) is 0 Å². The van der Waals surface area contributed by atoms with E-state index < -0.39 is 11.9 Å². The van der Waals surface area contributed by atoms with E-state index in [1.807, 2.05) is 0 Å². The van der Waals surface area contributed by atoms with E-state index in [9.17, 15) is 9.59 Å². The summed E-state index contributed by atoms with van der Waals surface area (Å²) < 4.78 is 17.1. The fourth-order valence-corrected chi connectivity index (χ4v) is 2.71. The Bertz CT molecular complexity index is 573. The molecule has 10 nitrogen and oxygen atoms in total. The summed E-state index contributed by atoms with van der Waals surface area (Å²) in [7, 11) is 1.25. The molecular weight excluding hydrogens is 306 g/mol. The molecule has 0 aromatic carbocycles. The van der Waals surface area contributed by atoms with E-state index in [1.54, 1.807) is 4.90 Å². The Balaban J connectivity index is 1.50. The second-order valence-corrected chi connectivity index (χ2v) is 5.41. The van der Waals surface area contributed by atoms with Crippen LogP contribution < -0.4 is 5.32 Å². The van der Waals surface area contributed by atoms with Crippen LogP contribution in [0, 0.1) is 0 Å². The number of hydrogen-bond acceptors (Lipinski definition) is 7. The van der Waals surface area contributed by atoms with Crippen LogP contribution in [0.15, 0.2) is 6.20 Å². The SMILES string of the molecule is COC(=O)Nc1cn(CC(=O)N2CCC3(CC2)OCCO3)nn1. The Morgan fingerprint density at radius 1 is 1.35 bits per heavy atom. The van der Waals surface area contributed by atoms with Crippen molar-refractivity contribution >= 4 is 17.8 Å². The van der Waals surface area contributed by atoms with Gasteiger partial charge in [0.2, 0.25) is 5.91 Å². The number of amides is 2. The lowest BCUT2D eigenvalue weighted by atomic mass is 10.0. The third-order valence-electron chi connectivity index (χ3n) is 3.94. The van der Waals surface area contributed by atoms with Crippen LogP contribution in [0.25, 0.3) is 0 Å². The van der Waals surface area contributed by atoms with E-state index in [0.29, 0.717) is 39.1 Å². The van der Waals surface area contributed by atoms with E-state index >= 15 is 0 Å². The summed E-state index contributed by atoms with van der Waals surface area (Å²) in [5.41, 5.74) is 0. The van der Waals surface area contributed by atoms with E-state index in [-0.39, 0.29) is 18.3 Å². The lowest BCUT2D eigenvalue weighted by Gasteiger charge is -2.37. The highest BCUT2D eigenvalue weighted by Crippen LogP contribution is 2.31. The number of piperidine rings is 1. The number of nitrogens with one attached hydrogen (secondary N) is 1. The highest BCUT2D eigenvalue weighted by atomic mass is 16.7. The minimum absolute atomic E-state index is 0.0601. The summed E-state index contributed by atoms with van der Waals surface area (Å²) in [6.45, 7) is 2.46. The molecule has 2 aliphatic rings. The summed E-state index contributed by atoms with van der Waals surface area (Å²) in [4.78, 5) is 25.1. The topological polar surface area (TPSA) is 108 Å². The van der Waals surface area contributed by atoms with Crippen molar-refractivity contribution in [1.82, 2.24) is 19.9 Å². The number of hydrogen-bond donors (Lipinski definition) is 1. The molecule has 0 bridgehead atoms. The first kappa shape index (κ1) is 15.7. The Labute approximate surface area is 132 Å². The number of methoxy groups -OCH3 is 1. The van der Waals surface area contributed by atoms with Gasteiger partial charge >= 0.3 is 6.09 Å². The van der Waals surface area contributed by atoms with Crippen LogP contribution in [-0.4, -0.2) is 71.1 Å². The van der Waals surface area contributed by atoms with Crippen LogP contribution in [0.5, 0.6) is 0 Å². The smallest absolute Gasteiger partial charge is 0.412 e. The van der Waals surface area contributed by atoms with Gasteiger partial charge in [-0.25, -0.2) is 9.48 Å². The molecule has 1 spiro atoms. The first-order valence-electron chi connectivity index (χ1n) is 7.41. The third-order valence-corrected chi connectivity index (χ3v) is 3.94. The number of aromatic nitrogens is 3. The number of likely N-dealkylation sites (tertiary alicyclic amines) is 1. The molecule has 10 heteroatoms. The number of anilines is 1. The summed E-state index contributed by atoms with van der Waals surface area (Å²) in [5.74, 6) is -0.330. The molecule has 1 aromatic rings. The lowest BCUT2D eigenvalue weighted by molar-refractivity contribution is -0.187. The number of rotatable bonds is 3. The van der Waals surface area contributed by atoms with Crippen molar-refractivity contribution in [2.75, 3.05) is 38.7 Å². The molecular formula is C13H19N5O5. The van der Waals surface area contributed by atoms with Crippen LogP contribution in [0.1, 0.15) is 12.8 Å². The zero-order valence-electron chi connectivity index (χ0n) is 12.9. The maximum atomic E-state index is 12.3. The van der Waals surface area contributed by atoms with Crippen molar-refractivity contribution in [3.8, 4) is 0 Å². The first-order chi connectivity index (χ1) is 11.1. The highest BCUT2D eigenvalue weighted by Gasteiger charge is 2.40. The van der Waals surface area contributed by atoms with Crippen LogP contribution >= 0.6 is 0 Å². The fraction of sp³-hybridized carbons (Fsp3) is 0.692. The van der Waals surface area contributed by atoms with Gasteiger partial charge in [0, 0.05) is 25.9 Å². The predicted molar refractivity (Wildman–Crippen MR) is 76.5 cm³/mol. The van der Waals surface area contributed by atoms with Gasteiger partial charge in [-0.3, -0.25) is 10.1 Å². The summed E-state index contributed by atoms with van der Waals surface area (Å²) in [6, 6.07) is 0. The molecule has 2 amide bonds. The highest BCUT2D eigenvalue weighted by molar-refractivity contribution is 5.83. The van der Waals surface area contributed by atoms with Gasteiger partial charge in [-0.2, -0.15) is 0 Å². The zero-order valence-corrected chi connectivity index (χ0v) is 12.9. The van der Waals surface area contributed by atoms with Crippen LogP contribution in [0.2, 0.25) is 0 Å². The molecule has 0 unspecified atom stereocenters. The number of carbonyl (C=O) groups is 2. The standard InChI is InChI=1S/C13H19N5O5/c1-21-12(20)14-10-8-18(16-15-10)9-11(19)17-4-2-13(3-5-17)22-6-7-23-13/h8H,2-7,9H2,1H3,(H,14,20). The number of ether oxygens (including phenoxy) is 3. The van der Waals surface area contributed by atoms with Gasteiger partial charge in [-0.15, -0.1) is 5.10 Å². The molecule has 0 atom stereocenters. The molecule has 23 heavy (non-hydrogen) atoms.